The molecule has 0 aliphatic carbocycles. The third-order valence-corrected chi connectivity index (χ3v) is 0.489. The standard InChI is InChI=1S/C6H7O/c1-2-3-4-5-6-7/h2,4-5H,1,3H2/b5-4+. The van der Waals surface area contributed by atoms with Gasteiger partial charge in [-0.2, -0.15) is 0 Å². The second kappa shape index (κ2) is 5.15. The molecule has 0 amide bonds. The Hall–Kier alpha value is -0.850. The first-order valence-corrected chi connectivity index (χ1v) is 2.05. The molecule has 0 aromatic carbocycles. The monoisotopic (exact) mass is 95.0 g/mol. The summed E-state index contributed by atoms with van der Waals surface area (Å²) in [7, 11) is 0. The lowest BCUT2D eigenvalue weighted by molar-refractivity contribution is 0.564. The van der Waals surface area contributed by atoms with Crippen LogP contribution in [0.25, 0.3) is 0 Å². The third kappa shape index (κ3) is 5.15. The van der Waals surface area contributed by atoms with E-state index in [0.717, 1.165) is 6.42 Å². The minimum absolute atomic E-state index is 0.745. The zero-order valence-electron chi connectivity index (χ0n) is 4.05. The first-order chi connectivity index (χ1) is 3.41. The van der Waals surface area contributed by atoms with Gasteiger partial charge in [-0.05, 0) is 12.5 Å². The van der Waals surface area contributed by atoms with E-state index in [-0.39, 0.29) is 0 Å². The van der Waals surface area contributed by atoms with Crippen LogP contribution < -0.4 is 0 Å². The zero-order chi connectivity index (χ0) is 5.54. The highest BCUT2D eigenvalue weighted by molar-refractivity contribution is 5.65. The van der Waals surface area contributed by atoms with E-state index < -0.39 is 0 Å². The van der Waals surface area contributed by atoms with E-state index in [1.54, 1.807) is 18.4 Å². The Labute approximate surface area is 43.3 Å². The Morgan fingerprint density at radius 2 is 2.43 bits per heavy atom. The molecule has 7 heavy (non-hydrogen) atoms. The molecule has 0 aliphatic rings. The summed E-state index contributed by atoms with van der Waals surface area (Å²) in [6.07, 6.45) is 7.12. The minimum atomic E-state index is 0.745. The van der Waals surface area contributed by atoms with Crippen molar-refractivity contribution >= 4 is 6.29 Å². The molecule has 0 saturated heterocycles. The molecule has 0 bridgehead atoms. The van der Waals surface area contributed by atoms with Gasteiger partial charge in [0.1, 0.15) is 0 Å². The average molecular weight is 95.1 g/mol. The van der Waals surface area contributed by atoms with Gasteiger partial charge in [-0.3, -0.25) is 4.79 Å². The van der Waals surface area contributed by atoms with Crippen LogP contribution >= 0.6 is 0 Å². The fourth-order valence-corrected chi connectivity index (χ4v) is 0.212. The van der Waals surface area contributed by atoms with E-state index in [9.17, 15) is 4.79 Å². The maximum absolute atomic E-state index is 9.43. The van der Waals surface area contributed by atoms with E-state index in [4.69, 9.17) is 0 Å². The first-order valence-electron chi connectivity index (χ1n) is 2.05. The third-order valence-electron chi connectivity index (χ3n) is 0.489. The number of hydrogen-bond acceptors (Lipinski definition) is 1. The van der Waals surface area contributed by atoms with Gasteiger partial charge >= 0.3 is 0 Å². The first kappa shape index (κ1) is 6.15. The van der Waals surface area contributed by atoms with E-state index >= 15 is 0 Å². The normalized spacial score (nSPS) is 9.14. The molecule has 0 saturated carbocycles. The van der Waals surface area contributed by atoms with Crippen LogP contribution in [0.15, 0.2) is 24.8 Å². The van der Waals surface area contributed by atoms with Gasteiger partial charge in [-0.15, -0.1) is 6.58 Å². The lowest BCUT2D eigenvalue weighted by atomic mass is 10.4. The molecule has 1 heteroatoms. The van der Waals surface area contributed by atoms with Crippen molar-refractivity contribution in [2.45, 2.75) is 6.42 Å². The molecule has 0 aliphatic heterocycles. The molecular weight excluding hydrogens is 88.1 g/mol. The van der Waals surface area contributed by atoms with Gasteiger partial charge in [0.15, 0.2) is 0 Å². The quantitative estimate of drug-likeness (QED) is 0.380. The Bertz CT molecular complexity index is 82.2. The summed E-state index contributed by atoms with van der Waals surface area (Å²) < 4.78 is 0. The molecule has 0 N–H and O–H groups in total. The lowest BCUT2D eigenvalue weighted by Gasteiger charge is -1.69. The number of carbonyl (C=O) groups excluding carboxylic acids is 1. The van der Waals surface area contributed by atoms with Gasteiger partial charge in [0.05, 0.1) is 0 Å². The van der Waals surface area contributed by atoms with Crippen molar-refractivity contribution in [3.63, 3.8) is 0 Å². The highest BCUT2D eigenvalue weighted by atomic mass is 16.1. The summed E-state index contributed by atoms with van der Waals surface area (Å²) in [6, 6.07) is 0. The lowest BCUT2D eigenvalue weighted by Crippen LogP contribution is -1.57. The van der Waals surface area contributed by atoms with Crippen LogP contribution in [0.2, 0.25) is 0 Å². The molecule has 0 atom stereocenters. The van der Waals surface area contributed by atoms with Gasteiger partial charge in [-0.25, -0.2) is 0 Å². The summed E-state index contributed by atoms with van der Waals surface area (Å²) >= 11 is 0. The Kier molecular flexibility index (Phi) is 4.52. The van der Waals surface area contributed by atoms with Crippen molar-refractivity contribution in [2.75, 3.05) is 0 Å². The van der Waals surface area contributed by atoms with E-state index in [1.165, 1.54) is 6.08 Å². The molecule has 0 heterocycles. The fourth-order valence-electron chi connectivity index (χ4n) is 0.212. The SMILES string of the molecule is C=CC/C=C/[C]=O. The van der Waals surface area contributed by atoms with Crippen LogP contribution in [0.5, 0.6) is 0 Å². The Balaban J connectivity index is 3.08. The average Bonchev–Trinajstić information content (AvgIpc) is 1.69. The number of hydrogen-bond donors (Lipinski definition) is 0. The summed E-state index contributed by atoms with van der Waals surface area (Å²) in [5, 5.41) is 0. The Morgan fingerprint density at radius 1 is 1.71 bits per heavy atom. The van der Waals surface area contributed by atoms with Gasteiger partial charge < -0.3 is 0 Å². The predicted octanol–water partition coefficient (Wildman–Crippen LogP) is 1.23. The fraction of sp³-hybridized carbons (Fsp3) is 0.167. The van der Waals surface area contributed by atoms with Crippen molar-refractivity contribution in [3.8, 4) is 0 Å². The topological polar surface area (TPSA) is 17.1 Å². The largest absolute Gasteiger partial charge is 0.286 e. The predicted molar refractivity (Wildman–Crippen MR) is 29.6 cm³/mol. The summed E-state index contributed by atoms with van der Waals surface area (Å²) in [5.41, 5.74) is 0. The maximum atomic E-state index is 9.43. The van der Waals surface area contributed by atoms with Crippen molar-refractivity contribution in [3.05, 3.63) is 24.8 Å². The molecule has 37 valence electrons. The smallest absolute Gasteiger partial charge is 0.225 e. The van der Waals surface area contributed by atoms with Gasteiger partial charge in [-0.1, -0.05) is 12.2 Å². The summed E-state index contributed by atoms with van der Waals surface area (Å²) in [6.45, 7) is 3.45. The van der Waals surface area contributed by atoms with Crippen molar-refractivity contribution in [1.82, 2.24) is 0 Å². The number of rotatable bonds is 3. The van der Waals surface area contributed by atoms with Crippen molar-refractivity contribution in [1.29, 1.82) is 0 Å². The number of allylic oxidation sites excluding steroid dienone is 3. The van der Waals surface area contributed by atoms with E-state index in [2.05, 4.69) is 6.58 Å². The summed E-state index contributed by atoms with van der Waals surface area (Å²) in [5.74, 6) is 0. The van der Waals surface area contributed by atoms with Crippen molar-refractivity contribution in [2.24, 2.45) is 0 Å². The Morgan fingerprint density at radius 3 is 2.86 bits per heavy atom. The van der Waals surface area contributed by atoms with Gasteiger partial charge in [0, 0.05) is 0 Å². The molecule has 0 aromatic heterocycles. The molecular formula is C6H7O. The molecule has 1 nitrogen and oxygen atoms in total. The molecule has 0 rings (SSSR count). The van der Waals surface area contributed by atoms with Crippen LogP contribution in [-0.2, 0) is 4.79 Å². The highest BCUT2D eigenvalue weighted by Crippen LogP contribution is 1.78. The molecule has 0 aromatic rings. The van der Waals surface area contributed by atoms with Crippen LogP contribution in [0.4, 0.5) is 0 Å². The van der Waals surface area contributed by atoms with E-state index in [1.807, 2.05) is 0 Å². The summed E-state index contributed by atoms with van der Waals surface area (Å²) in [4.78, 5) is 9.43. The second-order valence-corrected chi connectivity index (χ2v) is 1.04. The van der Waals surface area contributed by atoms with Gasteiger partial charge in [0.25, 0.3) is 0 Å². The zero-order valence-corrected chi connectivity index (χ0v) is 4.05. The maximum Gasteiger partial charge on any atom is 0.225 e. The van der Waals surface area contributed by atoms with Crippen LogP contribution in [0, 0.1) is 0 Å². The van der Waals surface area contributed by atoms with Gasteiger partial charge in [0.2, 0.25) is 6.29 Å². The second-order valence-electron chi connectivity index (χ2n) is 1.04. The highest BCUT2D eigenvalue weighted by Gasteiger charge is 1.63. The van der Waals surface area contributed by atoms with E-state index in [0.29, 0.717) is 0 Å². The van der Waals surface area contributed by atoms with Crippen LogP contribution in [0.1, 0.15) is 6.42 Å². The minimum Gasteiger partial charge on any atom is -0.286 e. The molecule has 0 fully saturated rings. The van der Waals surface area contributed by atoms with Crippen molar-refractivity contribution < 1.29 is 4.79 Å². The molecule has 1 radical (unpaired) electrons. The van der Waals surface area contributed by atoms with Crippen LogP contribution in [0.3, 0.4) is 0 Å². The van der Waals surface area contributed by atoms with Crippen LogP contribution in [-0.4, -0.2) is 6.29 Å². The molecule has 0 unspecified atom stereocenters. The molecule has 0 spiro atoms.